The molecule has 0 saturated heterocycles. The maximum Gasteiger partial charge on any atom is 0.185 e. The normalized spacial score (nSPS) is 12.8. The molecule has 0 fully saturated rings. The Kier molecular flexibility index (Phi) is 5.58. The maximum absolute atomic E-state index is 4.53. The topological polar surface area (TPSA) is 28.2 Å². The molecular weight excluding hydrogens is 238 g/mol. The lowest BCUT2D eigenvalue weighted by molar-refractivity contribution is 0.688. The van der Waals surface area contributed by atoms with Crippen LogP contribution in [0.3, 0.4) is 0 Å². The van der Waals surface area contributed by atoms with E-state index in [9.17, 15) is 0 Å². The summed E-state index contributed by atoms with van der Waals surface area (Å²) in [5, 5.41) is 5.23. The smallest absolute Gasteiger partial charge is 0.185 e. The van der Waals surface area contributed by atoms with E-state index in [1.807, 2.05) is 25.9 Å². The number of nitrogens with zero attached hydrogens (tertiary/aromatic N) is 2. The highest BCUT2D eigenvalue weighted by atomic mass is 32.2. The van der Waals surface area contributed by atoms with Gasteiger partial charge in [-0.15, -0.1) is 11.3 Å². The van der Waals surface area contributed by atoms with Gasteiger partial charge in [0.25, 0.3) is 0 Å². The fraction of sp³-hybridized carbons (Fsp3) is 0.727. The predicted octanol–water partition coefficient (Wildman–Crippen LogP) is 2.36. The standard InChI is InChI=1S/C11H21N3S2/c1-8(15-5)6-12-7-10-9(2)13-11(16-10)14(3)4/h8,12H,6-7H2,1-5H3. The Morgan fingerprint density at radius 2 is 2.19 bits per heavy atom. The largest absolute Gasteiger partial charge is 0.354 e. The van der Waals surface area contributed by atoms with Crippen molar-refractivity contribution in [1.82, 2.24) is 10.3 Å². The van der Waals surface area contributed by atoms with Crippen molar-refractivity contribution in [2.24, 2.45) is 0 Å². The van der Waals surface area contributed by atoms with Gasteiger partial charge in [0.2, 0.25) is 0 Å². The second kappa shape index (κ2) is 6.47. The zero-order chi connectivity index (χ0) is 12.1. The van der Waals surface area contributed by atoms with E-state index in [1.165, 1.54) is 4.88 Å². The Bertz CT molecular complexity index is 323. The van der Waals surface area contributed by atoms with Crippen LogP contribution in [0.4, 0.5) is 5.13 Å². The van der Waals surface area contributed by atoms with Gasteiger partial charge in [-0.05, 0) is 13.2 Å². The third kappa shape index (κ3) is 3.96. The monoisotopic (exact) mass is 259 g/mol. The molecule has 0 bridgehead atoms. The minimum atomic E-state index is 0.668. The van der Waals surface area contributed by atoms with Gasteiger partial charge in [-0.25, -0.2) is 4.98 Å². The highest BCUT2D eigenvalue weighted by molar-refractivity contribution is 7.99. The molecule has 92 valence electrons. The summed E-state index contributed by atoms with van der Waals surface area (Å²) in [4.78, 5) is 7.93. The quantitative estimate of drug-likeness (QED) is 0.849. The second-order valence-corrected chi connectivity index (χ2v) is 6.41. The SMILES string of the molecule is CSC(C)CNCc1sc(N(C)C)nc1C. The molecule has 0 amide bonds. The van der Waals surface area contributed by atoms with Crippen molar-refractivity contribution in [2.75, 3.05) is 31.8 Å². The molecule has 1 rings (SSSR count). The number of hydrogen-bond donors (Lipinski definition) is 1. The first kappa shape index (κ1) is 13.8. The Hall–Kier alpha value is -0.260. The van der Waals surface area contributed by atoms with Crippen molar-refractivity contribution in [1.29, 1.82) is 0 Å². The van der Waals surface area contributed by atoms with Crippen LogP contribution >= 0.6 is 23.1 Å². The fourth-order valence-electron chi connectivity index (χ4n) is 1.24. The first-order chi connectivity index (χ1) is 7.54. The van der Waals surface area contributed by atoms with Crippen molar-refractivity contribution in [3.63, 3.8) is 0 Å². The molecule has 1 atom stereocenters. The van der Waals surface area contributed by atoms with Gasteiger partial charge < -0.3 is 10.2 Å². The van der Waals surface area contributed by atoms with Crippen LogP contribution in [0.5, 0.6) is 0 Å². The Morgan fingerprint density at radius 1 is 1.50 bits per heavy atom. The van der Waals surface area contributed by atoms with Crippen molar-refractivity contribution < 1.29 is 0 Å². The Labute approximate surface area is 107 Å². The number of thiazole rings is 1. The highest BCUT2D eigenvalue weighted by Crippen LogP contribution is 2.24. The summed E-state index contributed by atoms with van der Waals surface area (Å²) in [6, 6.07) is 0. The maximum atomic E-state index is 4.53. The van der Waals surface area contributed by atoms with E-state index in [4.69, 9.17) is 0 Å². The lowest BCUT2D eigenvalue weighted by Gasteiger charge is -2.08. The van der Waals surface area contributed by atoms with Crippen molar-refractivity contribution in [2.45, 2.75) is 25.6 Å². The first-order valence-corrected chi connectivity index (χ1v) is 7.52. The van der Waals surface area contributed by atoms with Crippen LogP contribution in [0.25, 0.3) is 0 Å². The molecule has 0 spiro atoms. The third-order valence-corrected chi connectivity index (χ3v) is 4.68. The van der Waals surface area contributed by atoms with Crippen LogP contribution in [0.2, 0.25) is 0 Å². The van der Waals surface area contributed by atoms with Gasteiger partial charge in [-0.1, -0.05) is 6.92 Å². The number of anilines is 1. The van der Waals surface area contributed by atoms with E-state index in [-0.39, 0.29) is 0 Å². The average Bonchev–Trinajstić information content (AvgIpc) is 2.60. The number of aryl methyl sites for hydroxylation is 1. The van der Waals surface area contributed by atoms with Gasteiger partial charge in [-0.2, -0.15) is 11.8 Å². The zero-order valence-corrected chi connectivity index (χ0v) is 12.3. The molecule has 5 heteroatoms. The summed E-state index contributed by atoms with van der Waals surface area (Å²) in [5.74, 6) is 0. The minimum absolute atomic E-state index is 0.668. The van der Waals surface area contributed by atoms with E-state index in [0.29, 0.717) is 5.25 Å². The third-order valence-electron chi connectivity index (χ3n) is 2.38. The minimum Gasteiger partial charge on any atom is -0.354 e. The molecule has 0 radical (unpaired) electrons. The van der Waals surface area contributed by atoms with Crippen LogP contribution in [0.15, 0.2) is 0 Å². The molecule has 1 heterocycles. The number of hydrogen-bond acceptors (Lipinski definition) is 5. The van der Waals surface area contributed by atoms with E-state index >= 15 is 0 Å². The van der Waals surface area contributed by atoms with Gasteiger partial charge in [0, 0.05) is 37.3 Å². The zero-order valence-electron chi connectivity index (χ0n) is 10.7. The van der Waals surface area contributed by atoms with Crippen LogP contribution in [0, 0.1) is 6.92 Å². The number of thioether (sulfide) groups is 1. The van der Waals surface area contributed by atoms with E-state index in [1.54, 1.807) is 11.3 Å². The van der Waals surface area contributed by atoms with Crippen LogP contribution in [0.1, 0.15) is 17.5 Å². The Morgan fingerprint density at radius 3 is 2.69 bits per heavy atom. The second-order valence-electron chi connectivity index (χ2n) is 4.08. The van der Waals surface area contributed by atoms with Crippen LogP contribution < -0.4 is 10.2 Å². The van der Waals surface area contributed by atoms with Gasteiger partial charge in [-0.3, -0.25) is 0 Å². The predicted molar refractivity (Wildman–Crippen MR) is 75.9 cm³/mol. The summed E-state index contributed by atoms with van der Waals surface area (Å²) in [7, 11) is 4.07. The van der Waals surface area contributed by atoms with Gasteiger partial charge in [0.15, 0.2) is 5.13 Å². The van der Waals surface area contributed by atoms with E-state index in [0.717, 1.165) is 23.9 Å². The Balaban J connectivity index is 2.47. The molecule has 1 N–H and O–H groups in total. The molecule has 16 heavy (non-hydrogen) atoms. The van der Waals surface area contributed by atoms with Crippen molar-refractivity contribution in [3.8, 4) is 0 Å². The van der Waals surface area contributed by atoms with Gasteiger partial charge >= 0.3 is 0 Å². The molecule has 1 aromatic rings. The average molecular weight is 259 g/mol. The summed E-state index contributed by atoms with van der Waals surface area (Å²) in [6.45, 7) is 6.30. The summed E-state index contributed by atoms with van der Waals surface area (Å²) in [6.07, 6.45) is 2.15. The van der Waals surface area contributed by atoms with E-state index in [2.05, 4.69) is 35.3 Å². The highest BCUT2D eigenvalue weighted by Gasteiger charge is 2.08. The van der Waals surface area contributed by atoms with Gasteiger partial charge in [0.05, 0.1) is 5.69 Å². The lowest BCUT2D eigenvalue weighted by atomic mass is 10.4. The molecule has 1 unspecified atom stereocenters. The summed E-state index contributed by atoms with van der Waals surface area (Å²) < 4.78 is 0. The van der Waals surface area contributed by atoms with Crippen LogP contribution in [-0.4, -0.2) is 37.1 Å². The van der Waals surface area contributed by atoms with Crippen molar-refractivity contribution in [3.05, 3.63) is 10.6 Å². The molecule has 0 aliphatic carbocycles. The lowest BCUT2D eigenvalue weighted by Crippen LogP contribution is -2.21. The molecule has 0 aliphatic heterocycles. The molecule has 3 nitrogen and oxygen atoms in total. The summed E-state index contributed by atoms with van der Waals surface area (Å²) in [5.41, 5.74) is 1.15. The van der Waals surface area contributed by atoms with Gasteiger partial charge in [0.1, 0.15) is 0 Å². The molecular formula is C11H21N3S2. The number of aromatic nitrogens is 1. The molecule has 0 aromatic carbocycles. The fourth-order valence-corrected chi connectivity index (χ4v) is 2.48. The summed E-state index contributed by atoms with van der Waals surface area (Å²) >= 11 is 3.66. The molecule has 0 aliphatic rings. The number of rotatable bonds is 6. The first-order valence-electron chi connectivity index (χ1n) is 5.41. The van der Waals surface area contributed by atoms with Crippen LogP contribution in [-0.2, 0) is 6.54 Å². The molecule has 1 aromatic heterocycles. The van der Waals surface area contributed by atoms with Crippen molar-refractivity contribution >= 4 is 28.2 Å². The van der Waals surface area contributed by atoms with E-state index < -0.39 is 0 Å². The molecule has 0 saturated carbocycles. The number of nitrogens with one attached hydrogen (secondary N) is 1.